The molecule has 20 heavy (non-hydrogen) atoms. The van der Waals surface area contributed by atoms with Gasteiger partial charge in [-0.15, -0.1) is 0 Å². The molecule has 1 atom stereocenters. The van der Waals surface area contributed by atoms with E-state index in [2.05, 4.69) is 10.6 Å². The number of sulfonamides is 1. The summed E-state index contributed by atoms with van der Waals surface area (Å²) in [5.74, 6) is 1.83. The Hall–Kier alpha value is -1.09. The number of benzene rings is 1. The molecule has 4 N–H and O–H groups in total. The summed E-state index contributed by atoms with van der Waals surface area (Å²) in [5.41, 5.74) is 0.435. The van der Waals surface area contributed by atoms with Crippen molar-refractivity contribution < 1.29 is 13.2 Å². The number of primary sulfonamides is 1. The van der Waals surface area contributed by atoms with Crippen LogP contribution in [0.3, 0.4) is 0 Å². The van der Waals surface area contributed by atoms with Crippen LogP contribution in [0.4, 0.5) is 5.69 Å². The molecule has 0 saturated carbocycles. The molecule has 1 amide bonds. The molecule has 1 aliphatic heterocycles. The Morgan fingerprint density at radius 2 is 2.30 bits per heavy atom. The van der Waals surface area contributed by atoms with E-state index in [1.165, 1.54) is 12.1 Å². The summed E-state index contributed by atoms with van der Waals surface area (Å²) < 4.78 is 22.5. The highest BCUT2D eigenvalue weighted by molar-refractivity contribution is 7.99. The van der Waals surface area contributed by atoms with Crippen molar-refractivity contribution in [3.05, 3.63) is 24.3 Å². The van der Waals surface area contributed by atoms with Crippen LogP contribution in [0.15, 0.2) is 29.2 Å². The monoisotopic (exact) mass is 315 g/mol. The predicted octanol–water partition coefficient (Wildman–Crippen LogP) is 0.368. The van der Waals surface area contributed by atoms with Gasteiger partial charge in [0, 0.05) is 36.2 Å². The van der Waals surface area contributed by atoms with Gasteiger partial charge in [0.25, 0.3) is 0 Å². The van der Waals surface area contributed by atoms with E-state index < -0.39 is 10.0 Å². The topological polar surface area (TPSA) is 101 Å². The van der Waals surface area contributed by atoms with Crippen LogP contribution in [0.1, 0.15) is 6.42 Å². The molecule has 0 radical (unpaired) electrons. The van der Waals surface area contributed by atoms with Crippen LogP contribution >= 0.6 is 11.8 Å². The maximum absolute atomic E-state index is 11.9. The molecular formula is C12H17N3O3S2. The van der Waals surface area contributed by atoms with Crippen molar-refractivity contribution in [1.29, 1.82) is 0 Å². The van der Waals surface area contributed by atoms with Crippen molar-refractivity contribution in [1.82, 2.24) is 5.32 Å². The highest BCUT2D eigenvalue weighted by Gasteiger charge is 2.17. The van der Waals surface area contributed by atoms with Gasteiger partial charge in [-0.25, -0.2) is 13.6 Å². The standard InChI is InChI=1S/C12H17N3O3S2/c13-20(17,18)11-3-1-2-9(6-11)15-12(16)7-10-8-19-5-4-14-10/h1-3,6,10,14H,4-5,7-8H2,(H,15,16)(H2,13,17,18). The van der Waals surface area contributed by atoms with Gasteiger partial charge in [0.1, 0.15) is 0 Å². The van der Waals surface area contributed by atoms with Crippen LogP contribution in [-0.4, -0.2) is 38.4 Å². The third-order valence-electron chi connectivity index (χ3n) is 2.88. The summed E-state index contributed by atoms with van der Waals surface area (Å²) in [6.07, 6.45) is 0.368. The Kier molecular flexibility index (Phi) is 5.03. The zero-order valence-electron chi connectivity index (χ0n) is 10.8. The van der Waals surface area contributed by atoms with E-state index in [9.17, 15) is 13.2 Å². The Balaban J connectivity index is 1.97. The number of anilines is 1. The fourth-order valence-electron chi connectivity index (χ4n) is 1.94. The van der Waals surface area contributed by atoms with Gasteiger partial charge in [-0.05, 0) is 18.2 Å². The summed E-state index contributed by atoms with van der Waals surface area (Å²) in [6, 6.07) is 6.09. The van der Waals surface area contributed by atoms with Crippen molar-refractivity contribution in [2.24, 2.45) is 5.14 Å². The smallest absolute Gasteiger partial charge is 0.238 e. The number of carbonyl (C=O) groups is 1. The van der Waals surface area contributed by atoms with Gasteiger partial charge >= 0.3 is 0 Å². The number of hydrogen-bond acceptors (Lipinski definition) is 5. The lowest BCUT2D eigenvalue weighted by atomic mass is 10.2. The molecule has 0 bridgehead atoms. The van der Waals surface area contributed by atoms with Crippen LogP contribution in [0.25, 0.3) is 0 Å². The summed E-state index contributed by atoms with van der Waals surface area (Å²) in [6.45, 7) is 0.906. The van der Waals surface area contributed by atoms with Gasteiger partial charge in [-0.2, -0.15) is 11.8 Å². The van der Waals surface area contributed by atoms with Gasteiger partial charge in [-0.1, -0.05) is 6.07 Å². The minimum absolute atomic E-state index is 0.0124. The summed E-state index contributed by atoms with van der Waals surface area (Å²) in [4.78, 5) is 11.9. The van der Waals surface area contributed by atoms with Crippen LogP contribution in [0.2, 0.25) is 0 Å². The number of hydrogen-bond donors (Lipinski definition) is 3. The molecule has 0 spiro atoms. The first-order valence-corrected chi connectivity index (χ1v) is 8.89. The first-order valence-electron chi connectivity index (χ1n) is 6.19. The number of nitrogens with one attached hydrogen (secondary N) is 2. The largest absolute Gasteiger partial charge is 0.326 e. The Morgan fingerprint density at radius 1 is 1.50 bits per heavy atom. The molecule has 1 unspecified atom stereocenters. The van der Waals surface area contributed by atoms with E-state index in [0.29, 0.717) is 12.1 Å². The fraction of sp³-hybridized carbons (Fsp3) is 0.417. The van der Waals surface area contributed by atoms with Crippen LogP contribution < -0.4 is 15.8 Å². The van der Waals surface area contributed by atoms with E-state index in [-0.39, 0.29) is 16.8 Å². The van der Waals surface area contributed by atoms with Crippen molar-refractivity contribution in [3.63, 3.8) is 0 Å². The first-order chi connectivity index (χ1) is 9.45. The Morgan fingerprint density at radius 3 is 2.95 bits per heavy atom. The minimum Gasteiger partial charge on any atom is -0.326 e. The molecule has 1 heterocycles. The van der Waals surface area contributed by atoms with Crippen molar-refractivity contribution in [2.75, 3.05) is 23.4 Å². The van der Waals surface area contributed by atoms with Crippen molar-refractivity contribution in [2.45, 2.75) is 17.4 Å². The highest BCUT2D eigenvalue weighted by Crippen LogP contribution is 2.15. The van der Waals surface area contributed by atoms with Gasteiger partial charge in [0.05, 0.1) is 4.90 Å². The molecule has 0 aliphatic carbocycles. The Bertz CT molecular complexity index is 583. The number of thioether (sulfide) groups is 1. The zero-order valence-corrected chi connectivity index (χ0v) is 12.5. The van der Waals surface area contributed by atoms with Gasteiger partial charge in [-0.3, -0.25) is 4.79 Å². The first kappa shape index (κ1) is 15.3. The van der Waals surface area contributed by atoms with Crippen LogP contribution in [-0.2, 0) is 14.8 Å². The molecular weight excluding hydrogens is 298 g/mol. The SMILES string of the molecule is NS(=O)(=O)c1cccc(NC(=O)CC2CSCCN2)c1. The molecule has 6 nitrogen and oxygen atoms in total. The maximum atomic E-state index is 11.9. The van der Waals surface area contributed by atoms with E-state index in [4.69, 9.17) is 5.14 Å². The lowest BCUT2D eigenvalue weighted by Gasteiger charge is -2.22. The minimum atomic E-state index is -3.76. The molecule has 1 aliphatic rings. The van der Waals surface area contributed by atoms with Gasteiger partial charge in [0.2, 0.25) is 15.9 Å². The summed E-state index contributed by atoms with van der Waals surface area (Å²) in [7, 11) is -3.76. The normalized spacial score (nSPS) is 19.6. The summed E-state index contributed by atoms with van der Waals surface area (Å²) >= 11 is 1.82. The predicted molar refractivity (Wildman–Crippen MR) is 80.2 cm³/mol. The average Bonchev–Trinajstić information content (AvgIpc) is 2.39. The van der Waals surface area contributed by atoms with Crippen LogP contribution in [0, 0.1) is 0 Å². The number of nitrogens with two attached hydrogens (primary N) is 1. The molecule has 1 saturated heterocycles. The van der Waals surface area contributed by atoms with E-state index in [0.717, 1.165) is 18.1 Å². The molecule has 2 rings (SSSR count). The average molecular weight is 315 g/mol. The Labute approximate surface area is 122 Å². The third kappa shape index (κ3) is 4.48. The van der Waals surface area contributed by atoms with Gasteiger partial charge < -0.3 is 10.6 Å². The number of amides is 1. The fourth-order valence-corrected chi connectivity index (χ4v) is 3.45. The van der Waals surface area contributed by atoms with E-state index in [1.807, 2.05) is 11.8 Å². The lowest BCUT2D eigenvalue weighted by molar-refractivity contribution is -0.116. The quantitative estimate of drug-likeness (QED) is 0.745. The molecule has 110 valence electrons. The van der Waals surface area contributed by atoms with E-state index >= 15 is 0 Å². The maximum Gasteiger partial charge on any atom is 0.238 e. The number of carbonyl (C=O) groups excluding carboxylic acids is 1. The van der Waals surface area contributed by atoms with Crippen molar-refractivity contribution >= 4 is 33.4 Å². The summed E-state index contributed by atoms with van der Waals surface area (Å²) in [5, 5.41) is 11.0. The van der Waals surface area contributed by atoms with Gasteiger partial charge in [0.15, 0.2) is 0 Å². The molecule has 0 aromatic heterocycles. The molecule has 1 fully saturated rings. The molecule has 1 aromatic rings. The highest BCUT2D eigenvalue weighted by atomic mass is 32.2. The third-order valence-corrected chi connectivity index (χ3v) is 4.92. The zero-order chi connectivity index (χ0) is 14.6. The second-order valence-corrected chi connectivity index (χ2v) is 7.26. The van der Waals surface area contributed by atoms with Crippen LogP contribution in [0.5, 0.6) is 0 Å². The second kappa shape index (κ2) is 6.57. The number of rotatable bonds is 4. The van der Waals surface area contributed by atoms with Crippen molar-refractivity contribution in [3.8, 4) is 0 Å². The second-order valence-electron chi connectivity index (χ2n) is 4.55. The molecule has 8 heteroatoms. The lowest BCUT2D eigenvalue weighted by Crippen LogP contribution is -2.39. The van der Waals surface area contributed by atoms with E-state index in [1.54, 1.807) is 12.1 Å². The molecule has 1 aromatic carbocycles.